The summed E-state index contributed by atoms with van der Waals surface area (Å²) < 4.78 is 15.8. The van der Waals surface area contributed by atoms with Gasteiger partial charge >= 0.3 is 0 Å². The van der Waals surface area contributed by atoms with Crippen LogP contribution in [0.15, 0.2) is 48.9 Å². The van der Waals surface area contributed by atoms with Gasteiger partial charge in [-0.25, -0.2) is 9.97 Å². The van der Waals surface area contributed by atoms with Gasteiger partial charge < -0.3 is 4.57 Å². The summed E-state index contributed by atoms with van der Waals surface area (Å²) >= 11 is 0. The van der Waals surface area contributed by atoms with Crippen molar-refractivity contribution in [2.75, 3.05) is 0 Å². The van der Waals surface area contributed by atoms with E-state index in [2.05, 4.69) is 15.0 Å². The number of pyridine rings is 3. The van der Waals surface area contributed by atoms with E-state index in [-0.39, 0.29) is 0 Å². The average molecular weight is 277 g/mol. The number of hydrogen-bond acceptors (Lipinski definition) is 3. The van der Waals surface area contributed by atoms with Crippen LogP contribution in [0.1, 0.15) is 0 Å². The van der Waals surface area contributed by atoms with E-state index in [1.165, 1.54) is 6.20 Å². The molecule has 21 heavy (non-hydrogen) atoms. The van der Waals surface area contributed by atoms with E-state index in [4.69, 9.17) is 0 Å². The predicted octanol–water partition coefficient (Wildman–Crippen LogP) is 3.32. The highest BCUT2D eigenvalue weighted by molar-refractivity contribution is 6.06. The van der Waals surface area contributed by atoms with Gasteiger partial charge in [0, 0.05) is 36.4 Å². The summed E-state index contributed by atoms with van der Waals surface area (Å²) in [5.74, 6) is -0.509. The third-order valence-corrected chi connectivity index (χ3v) is 3.68. The van der Waals surface area contributed by atoms with Gasteiger partial charge in [0.1, 0.15) is 5.65 Å². The second-order valence-electron chi connectivity index (χ2n) is 4.86. The van der Waals surface area contributed by atoms with Crippen molar-refractivity contribution < 1.29 is 4.39 Å². The number of aryl methyl sites for hydroxylation is 1. The van der Waals surface area contributed by atoms with Gasteiger partial charge in [-0.1, -0.05) is 0 Å². The lowest BCUT2D eigenvalue weighted by Gasteiger charge is -2.03. The summed E-state index contributed by atoms with van der Waals surface area (Å²) in [5.41, 5.74) is 2.84. The van der Waals surface area contributed by atoms with Crippen LogP contribution >= 0.6 is 0 Å². The van der Waals surface area contributed by atoms with Crippen molar-refractivity contribution in [3.63, 3.8) is 0 Å². The molecule has 0 aliphatic carbocycles. The van der Waals surface area contributed by atoms with Crippen LogP contribution in [0.3, 0.4) is 0 Å². The Kier molecular flexibility index (Phi) is 2.47. The summed E-state index contributed by atoms with van der Waals surface area (Å²) in [6.07, 6.45) is 5.01. The molecule has 5 heteroatoms. The summed E-state index contributed by atoms with van der Waals surface area (Å²) in [6, 6.07) is 9.10. The SMILES string of the molecule is Cn1c2ccncc2c2ccc(-c3cccnc3[18F])nc21. The molecule has 4 heterocycles. The minimum absolute atomic E-state index is 0.405. The van der Waals surface area contributed by atoms with Crippen LogP contribution in [0.4, 0.5) is 4.39 Å². The zero-order valence-electron chi connectivity index (χ0n) is 11.3. The molecule has 0 aromatic carbocycles. The highest BCUT2D eigenvalue weighted by Crippen LogP contribution is 2.29. The van der Waals surface area contributed by atoms with Crippen molar-refractivity contribution in [3.05, 3.63) is 54.9 Å². The number of nitrogens with zero attached hydrogens (tertiary/aromatic N) is 4. The van der Waals surface area contributed by atoms with Crippen LogP contribution in [0, 0.1) is 5.95 Å². The van der Waals surface area contributed by atoms with E-state index in [0.29, 0.717) is 11.3 Å². The van der Waals surface area contributed by atoms with Gasteiger partial charge in [-0.2, -0.15) is 4.39 Å². The van der Waals surface area contributed by atoms with Crippen molar-refractivity contribution in [1.29, 1.82) is 0 Å². The fourth-order valence-electron chi connectivity index (χ4n) is 2.64. The molecule has 0 spiro atoms. The van der Waals surface area contributed by atoms with E-state index in [1.807, 2.05) is 36.0 Å². The molecule has 4 aromatic rings. The third-order valence-electron chi connectivity index (χ3n) is 3.68. The molecule has 0 fully saturated rings. The van der Waals surface area contributed by atoms with Crippen molar-refractivity contribution in [2.24, 2.45) is 7.05 Å². The molecule has 0 aliphatic rings. The van der Waals surface area contributed by atoms with Crippen LogP contribution in [0.25, 0.3) is 33.2 Å². The highest BCUT2D eigenvalue weighted by atomic mass is 18.2. The van der Waals surface area contributed by atoms with Gasteiger partial charge in [-0.15, -0.1) is 0 Å². The van der Waals surface area contributed by atoms with Crippen molar-refractivity contribution >= 4 is 21.9 Å². The zero-order valence-corrected chi connectivity index (χ0v) is 11.3. The molecule has 0 saturated heterocycles. The standard InChI is InChI=1S/C16H11FN4/c1-21-14-6-8-18-9-12(14)10-4-5-13(20-16(10)21)11-3-2-7-19-15(11)17/h2-9H,1H3/i17-1. The van der Waals surface area contributed by atoms with Gasteiger partial charge in [-0.05, 0) is 30.3 Å². The molecule has 0 N–H and O–H groups in total. The van der Waals surface area contributed by atoms with Crippen LogP contribution in [0.2, 0.25) is 0 Å². The Morgan fingerprint density at radius 3 is 2.81 bits per heavy atom. The maximum atomic E-state index is 13.8. The van der Waals surface area contributed by atoms with E-state index >= 15 is 0 Å². The summed E-state index contributed by atoms with van der Waals surface area (Å²) in [7, 11) is 1.95. The van der Waals surface area contributed by atoms with Crippen molar-refractivity contribution in [2.45, 2.75) is 0 Å². The average Bonchev–Trinajstić information content (AvgIpc) is 2.81. The molecule has 102 valence electrons. The molecule has 4 rings (SSSR count). The maximum Gasteiger partial charge on any atom is 0.222 e. The number of hydrogen-bond donors (Lipinski definition) is 0. The van der Waals surface area contributed by atoms with Gasteiger partial charge in [0.2, 0.25) is 5.95 Å². The minimum atomic E-state index is -0.509. The number of aromatic nitrogens is 4. The second kappa shape index (κ2) is 4.34. The Morgan fingerprint density at radius 2 is 1.95 bits per heavy atom. The molecule has 4 aromatic heterocycles. The first kappa shape index (κ1) is 12.0. The second-order valence-corrected chi connectivity index (χ2v) is 4.86. The first-order valence-corrected chi connectivity index (χ1v) is 6.56. The lowest BCUT2D eigenvalue weighted by atomic mass is 10.1. The Morgan fingerprint density at radius 1 is 1.05 bits per heavy atom. The van der Waals surface area contributed by atoms with Gasteiger partial charge in [0.05, 0.1) is 16.8 Å². The molecule has 0 atom stereocenters. The van der Waals surface area contributed by atoms with Crippen LogP contribution in [0.5, 0.6) is 0 Å². The normalized spacial score (nSPS) is 11.3. The number of halogens is 1. The van der Waals surface area contributed by atoms with Gasteiger partial charge in [-0.3, -0.25) is 4.98 Å². The Hall–Kier alpha value is -2.82. The third kappa shape index (κ3) is 1.71. The summed E-state index contributed by atoms with van der Waals surface area (Å²) in [6.45, 7) is 0. The molecule has 0 saturated carbocycles. The monoisotopic (exact) mass is 277 g/mol. The summed E-state index contributed by atoms with van der Waals surface area (Å²) in [5, 5.41) is 2.05. The van der Waals surface area contributed by atoms with Gasteiger partial charge in [0.15, 0.2) is 0 Å². The molecule has 4 nitrogen and oxygen atoms in total. The Labute approximate surface area is 119 Å². The first-order chi connectivity index (χ1) is 10.3. The molecular weight excluding hydrogens is 266 g/mol. The Balaban J connectivity index is 2.05. The zero-order chi connectivity index (χ0) is 14.4. The van der Waals surface area contributed by atoms with E-state index in [0.717, 1.165) is 21.9 Å². The Bertz CT molecular complexity index is 975. The fourth-order valence-corrected chi connectivity index (χ4v) is 2.64. The lowest BCUT2D eigenvalue weighted by Crippen LogP contribution is -1.94. The van der Waals surface area contributed by atoms with Crippen molar-refractivity contribution in [1.82, 2.24) is 19.5 Å². The largest absolute Gasteiger partial charge is 0.328 e. The number of fused-ring (bicyclic) bond motifs is 3. The topological polar surface area (TPSA) is 43.6 Å². The maximum absolute atomic E-state index is 13.8. The van der Waals surface area contributed by atoms with Crippen LogP contribution < -0.4 is 0 Å². The highest BCUT2D eigenvalue weighted by Gasteiger charge is 2.12. The molecule has 0 aliphatic heterocycles. The number of rotatable bonds is 1. The predicted molar refractivity (Wildman–Crippen MR) is 79.2 cm³/mol. The molecule has 0 radical (unpaired) electrons. The van der Waals surface area contributed by atoms with E-state index in [9.17, 15) is 4.39 Å². The van der Waals surface area contributed by atoms with Crippen LogP contribution in [-0.4, -0.2) is 19.5 Å². The molecular formula is C16H11FN4. The fraction of sp³-hybridized carbons (Fsp3) is 0.0625. The first-order valence-electron chi connectivity index (χ1n) is 6.56. The molecule has 0 bridgehead atoms. The molecule has 0 unspecified atom stereocenters. The quantitative estimate of drug-likeness (QED) is 0.501. The van der Waals surface area contributed by atoms with Gasteiger partial charge in [0.25, 0.3) is 0 Å². The van der Waals surface area contributed by atoms with Crippen molar-refractivity contribution in [3.8, 4) is 11.3 Å². The van der Waals surface area contributed by atoms with E-state index in [1.54, 1.807) is 18.3 Å². The lowest BCUT2D eigenvalue weighted by molar-refractivity contribution is 0.587. The van der Waals surface area contributed by atoms with E-state index < -0.39 is 5.95 Å². The van der Waals surface area contributed by atoms with Crippen LogP contribution in [-0.2, 0) is 7.05 Å². The smallest absolute Gasteiger partial charge is 0.222 e. The minimum Gasteiger partial charge on any atom is -0.328 e. The summed E-state index contributed by atoms with van der Waals surface area (Å²) in [4.78, 5) is 12.4. The molecule has 0 amide bonds.